The van der Waals surface area contributed by atoms with Crippen molar-refractivity contribution < 1.29 is 0 Å². The van der Waals surface area contributed by atoms with Crippen LogP contribution in [0.2, 0.25) is 0 Å². The SMILES string of the molecule is CCCC#Cc1cnc2ccccc2c1. The number of pyridine rings is 1. The summed E-state index contributed by atoms with van der Waals surface area (Å²) in [5.74, 6) is 6.25. The van der Waals surface area contributed by atoms with Crippen LogP contribution < -0.4 is 0 Å². The fraction of sp³-hybridized carbons (Fsp3) is 0.214. The summed E-state index contributed by atoms with van der Waals surface area (Å²) in [6, 6.07) is 10.2. The predicted octanol–water partition coefficient (Wildman–Crippen LogP) is 3.39. The zero-order chi connectivity index (χ0) is 10.5. The molecule has 0 saturated heterocycles. The lowest BCUT2D eigenvalue weighted by molar-refractivity contribution is 0.983. The minimum Gasteiger partial charge on any atom is -0.255 e. The van der Waals surface area contributed by atoms with Crippen molar-refractivity contribution in [3.8, 4) is 11.8 Å². The summed E-state index contributed by atoms with van der Waals surface area (Å²) >= 11 is 0. The van der Waals surface area contributed by atoms with Crippen LogP contribution in [0.3, 0.4) is 0 Å². The van der Waals surface area contributed by atoms with Gasteiger partial charge in [0.05, 0.1) is 5.52 Å². The van der Waals surface area contributed by atoms with E-state index in [0.717, 1.165) is 29.3 Å². The lowest BCUT2D eigenvalue weighted by Gasteiger charge is -1.96. The smallest absolute Gasteiger partial charge is 0.0702 e. The van der Waals surface area contributed by atoms with E-state index < -0.39 is 0 Å². The average molecular weight is 195 g/mol. The van der Waals surface area contributed by atoms with Crippen LogP contribution in [-0.2, 0) is 0 Å². The van der Waals surface area contributed by atoms with Gasteiger partial charge < -0.3 is 0 Å². The molecule has 0 aliphatic carbocycles. The van der Waals surface area contributed by atoms with Crippen molar-refractivity contribution in [2.45, 2.75) is 19.8 Å². The second-order valence-corrected chi connectivity index (χ2v) is 3.47. The van der Waals surface area contributed by atoms with Gasteiger partial charge in [0.2, 0.25) is 0 Å². The molecule has 1 aromatic heterocycles. The Morgan fingerprint density at radius 3 is 3.00 bits per heavy atom. The molecule has 0 N–H and O–H groups in total. The molecule has 2 aromatic rings. The van der Waals surface area contributed by atoms with Crippen molar-refractivity contribution in [3.05, 3.63) is 42.1 Å². The molecule has 1 heterocycles. The maximum Gasteiger partial charge on any atom is 0.0702 e. The number of unbranched alkanes of at least 4 members (excludes halogenated alkanes) is 1. The van der Waals surface area contributed by atoms with Crippen LogP contribution in [0.4, 0.5) is 0 Å². The van der Waals surface area contributed by atoms with Gasteiger partial charge in [0, 0.05) is 23.6 Å². The first-order chi connectivity index (χ1) is 7.40. The highest BCUT2D eigenvalue weighted by Gasteiger charge is 1.93. The van der Waals surface area contributed by atoms with Gasteiger partial charge in [0.25, 0.3) is 0 Å². The van der Waals surface area contributed by atoms with Crippen molar-refractivity contribution in [2.24, 2.45) is 0 Å². The highest BCUT2D eigenvalue weighted by molar-refractivity contribution is 5.79. The zero-order valence-electron chi connectivity index (χ0n) is 8.83. The van der Waals surface area contributed by atoms with E-state index in [1.54, 1.807) is 0 Å². The fourth-order valence-electron chi connectivity index (χ4n) is 1.43. The van der Waals surface area contributed by atoms with Gasteiger partial charge in [0.1, 0.15) is 0 Å². The van der Waals surface area contributed by atoms with Gasteiger partial charge in [-0.3, -0.25) is 4.98 Å². The van der Waals surface area contributed by atoms with Gasteiger partial charge in [-0.25, -0.2) is 0 Å². The molecule has 2 rings (SSSR count). The monoisotopic (exact) mass is 195 g/mol. The molecule has 0 radical (unpaired) electrons. The molecule has 74 valence electrons. The third-order valence-electron chi connectivity index (χ3n) is 2.20. The molecule has 0 saturated carbocycles. The first-order valence-electron chi connectivity index (χ1n) is 5.24. The molecule has 1 nitrogen and oxygen atoms in total. The molecule has 0 amide bonds. The number of nitrogens with zero attached hydrogens (tertiary/aromatic N) is 1. The van der Waals surface area contributed by atoms with Crippen molar-refractivity contribution >= 4 is 10.9 Å². The summed E-state index contributed by atoms with van der Waals surface area (Å²) in [4.78, 5) is 4.36. The molecule has 0 bridgehead atoms. The Hall–Kier alpha value is -1.81. The third kappa shape index (κ3) is 2.35. The number of hydrogen-bond donors (Lipinski definition) is 0. The van der Waals surface area contributed by atoms with Crippen molar-refractivity contribution in [3.63, 3.8) is 0 Å². The normalized spacial score (nSPS) is 9.67. The van der Waals surface area contributed by atoms with Crippen LogP contribution in [0.1, 0.15) is 25.3 Å². The van der Waals surface area contributed by atoms with Gasteiger partial charge in [-0.15, -0.1) is 0 Å². The summed E-state index contributed by atoms with van der Waals surface area (Å²) in [7, 11) is 0. The molecule has 0 aliphatic rings. The number of fused-ring (bicyclic) bond motifs is 1. The summed E-state index contributed by atoms with van der Waals surface area (Å²) < 4.78 is 0. The van der Waals surface area contributed by atoms with Gasteiger partial charge in [0.15, 0.2) is 0 Å². The molecule has 0 aliphatic heterocycles. The van der Waals surface area contributed by atoms with Crippen LogP contribution in [0, 0.1) is 11.8 Å². The fourth-order valence-corrected chi connectivity index (χ4v) is 1.43. The summed E-state index contributed by atoms with van der Waals surface area (Å²) in [6.45, 7) is 2.13. The molecule has 15 heavy (non-hydrogen) atoms. The maximum atomic E-state index is 4.36. The highest BCUT2D eigenvalue weighted by Crippen LogP contribution is 2.11. The molecule has 0 unspecified atom stereocenters. The van der Waals surface area contributed by atoms with Gasteiger partial charge >= 0.3 is 0 Å². The lowest BCUT2D eigenvalue weighted by Crippen LogP contribution is -1.81. The summed E-state index contributed by atoms with van der Waals surface area (Å²) in [5.41, 5.74) is 2.03. The Morgan fingerprint density at radius 1 is 1.27 bits per heavy atom. The van der Waals surface area contributed by atoms with Crippen LogP contribution in [0.5, 0.6) is 0 Å². The second kappa shape index (κ2) is 4.61. The van der Waals surface area contributed by atoms with Crippen molar-refractivity contribution in [1.82, 2.24) is 4.98 Å². The van der Waals surface area contributed by atoms with Crippen molar-refractivity contribution in [1.29, 1.82) is 0 Å². The maximum absolute atomic E-state index is 4.36. The largest absolute Gasteiger partial charge is 0.255 e. The Kier molecular flexibility index (Phi) is 2.99. The van der Waals surface area contributed by atoms with E-state index in [1.165, 1.54) is 0 Å². The van der Waals surface area contributed by atoms with E-state index in [1.807, 2.05) is 24.4 Å². The molecule has 1 heteroatoms. The number of para-hydroxylation sites is 1. The first kappa shape index (κ1) is 9.73. The Bertz CT molecular complexity index is 517. The topological polar surface area (TPSA) is 12.9 Å². The van der Waals surface area contributed by atoms with Crippen LogP contribution in [0.25, 0.3) is 10.9 Å². The van der Waals surface area contributed by atoms with Gasteiger partial charge in [-0.1, -0.05) is 37.0 Å². The van der Waals surface area contributed by atoms with E-state index in [2.05, 4.69) is 35.9 Å². The minimum absolute atomic E-state index is 0.951. The quantitative estimate of drug-likeness (QED) is 0.636. The van der Waals surface area contributed by atoms with E-state index in [9.17, 15) is 0 Å². The number of rotatable bonds is 1. The number of aromatic nitrogens is 1. The minimum atomic E-state index is 0.951. The van der Waals surface area contributed by atoms with Crippen LogP contribution >= 0.6 is 0 Å². The summed E-state index contributed by atoms with van der Waals surface area (Å²) in [5, 5.41) is 1.15. The van der Waals surface area contributed by atoms with Crippen LogP contribution in [-0.4, -0.2) is 4.98 Å². The highest BCUT2D eigenvalue weighted by atomic mass is 14.6. The average Bonchev–Trinajstić information content (AvgIpc) is 2.29. The molecule has 0 spiro atoms. The third-order valence-corrected chi connectivity index (χ3v) is 2.20. The van der Waals surface area contributed by atoms with E-state index in [0.29, 0.717) is 0 Å². The second-order valence-electron chi connectivity index (χ2n) is 3.47. The number of hydrogen-bond acceptors (Lipinski definition) is 1. The van der Waals surface area contributed by atoms with E-state index >= 15 is 0 Å². The zero-order valence-corrected chi connectivity index (χ0v) is 8.83. The molecule has 0 atom stereocenters. The van der Waals surface area contributed by atoms with Crippen molar-refractivity contribution in [2.75, 3.05) is 0 Å². The van der Waals surface area contributed by atoms with E-state index in [4.69, 9.17) is 0 Å². The molecule has 1 aromatic carbocycles. The standard InChI is InChI=1S/C14H13N/c1-2-3-4-7-12-10-13-8-5-6-9-14(13)15-11-12/h5-6,8-11H,2-3H2,1H3. The Labute approximate surface area is 90.2 Å². The molecular formula is C14H13N. The van der Waals surface area contributed by atoms with Gasteiger partial charge in [-0.05, 0) is 18.6 Å². The van der Waals surface area contributed by atoms with Crippen LogP contribution in [0.15, 0.2) is 36.5 Å². The van der Waals surface area contributed by atoms with E-state index in [-0.39, 0.29) is 0 Å². The lowest BCUT2D eigenvalue weighted by atomic mass is 10.1. The first-order valence-corrected chi connectivity index (χ1v) is 5.24. The summed E-state index contributed by atoms with van der Waals surface area (Å²) in [6.07, 6.45) is 3.89. The Morgan fingerprint density at radius 2 is 2.13 bits per heavy atom. The molecular weight excluding hydrogens is 182 g/mol. The van der Waals surface area contributed by atoms with Gasteiger partial charge in [-0.2, -0.15) is 0 Å². The Balaban J connectivity index is 2.36. The number of benzene rings is 1. The molecule has 0 fully saturated rings. The predicted molar refractivity (Wildman–Crippen MR) is 63.5 cm³/mol.